The van der Waals surface area contributed by atoms with E-state index in [-0.39, 0.29) is 5.91 Å². The van der Waals surface area contributed by atoms with Crippen LogP contribution in [0.15, 0.2) is 18.2 Å². The fourth-order valence-corrected chi connectivity index (χ4v) is 3.60. The Balaban J connectivity index is 1.95. The van der Waals surface area contributed by atoms with Gasteiger partial charge in [0.15, 0.2) is 0 Å². The molecule has 2 N–H and O–H groups in total. The predicted molar refractivity (Wildman–Crippen MR) is 85.5 cm³/mol. The monoisotopic (exact) mass is 308 g/mol. The summed E-state index contributed by atoms with van der Waals surface area (Å²) in [5, 5.41) is 1.53. The fraction of sp³-hybridized carbons (Fsp3) is 0.400. The number of thiophene rings is 1. The molecule has 0 unspecified atom stereocenters. The molecule has 20 heavy (non-hydrogen) atoms. The molecular weight excluding hydrogens is 292 g/mol. The third-order valence-electron chi connectivity index (χ3n) is 3.73. The average molecular weight is 309 g/mol. The minimum atomic E-state index is 0.0502. The van der Waals surface area contributed by atoms with Crippen molar-refractivity contribution in [3.05, 3.63) is 28.1 Å². The normalized spacial score (nSPS) is 14.7. The fourth-order valence-electron chi connectivity index (χ4n) is 2.36. The Morgan fingerprint density at radius 3 is 2.90 bits per heavy atom. The average Bonchev–Trinajstić information content (AvgIpc) is 3.20. The van der Waals surface area contributed by atoms with Crippen LogP contribution in [0.25, 0.3) is 10.1 Å². The molecule has 0 atom stereocenters. The first-order valence-electron chi connectivity index (χ1n) is 6.87. The lowest BCUT2D eigenvalue weighted by atomic mass is 10.2. The Bertz CT molecular complexity index is 663. The maximum atomic E-state index is 12.6. The summed E-state index contributed by atoms with van der Waals surface area (Å²) >= 11 is 7.46. The number of carbonyl (C=O) groups excluding carboxylic acids is 1. The Hall–Kier alpha value is -1.26. The van der Waals surface area contributed by atoms with Gasteiger partial charge in [-0.05, 0) is 43.9 Å². The predicted octanol–water partition coefficient (Wildman–Crippen LogP) is 4.01. The van der Waals surface area contributed by atoms with E-state index in [2.05, 4.69) is 0 Å². The molecule has 1 fully saturated rings. The molecular formula is C15H17ClN2OS. The Morgan fingerprint density at radius 2 is 2.25 bits per heavy atom. The van der Waals surface area contributed by atoms with Crippen molar-refractivity contribution in [2.24, 2.45) is 5.92 Å². The van der Waals surface area contributed by atoms with Gasteiger partial charge >= 0.3 is 0 Å². The van der Waals surface area contributed by atoms with Crippen LogP contribution >= 0.6 is 22.9 Å². The first kappa shape index (κ1) is 13.7. The van der Waals surface area contributed by atoms with Gasteiger partial charge in [0.25, 0.3) is 5.91 Å². The van der Waals surface area contributed by atoms with Crippen LogP contribution in [-0.2, 0) is 0 Å². The van der Waals surface area contributed by atoms with Gasteiger partial charge in [-0.1, -0.05) is 11.6 Å². The number of nitrogens with zero attached hydrogens (tertiary/aromatic N) is 1. The van der Waals surface area contributed by atoms with E-state index in [9.17, 15) is 4.79 Å². The third-order valence-corrected chi connectivity index (χ3v) is 5.14. The molecule has 5 heteroatoms. The number of nitrogens with two attached hydrogens (primary N) is 1. The number of rotatable bonds is 4. The zero-order valence-electron chi connectivity index (χ0n) is 11.4. The molecule has 3 rings (SSSR count). The molecule has 1 aromatic heterocycles. The number of fused-ring (bicyclic) bond motifs is 1. The van der Waals surface area contributed by atoms with Gasteiger partial charge in [0.1, 0.15) is 4.88 Å². The number of hydrogen-bond acceptors (Lipinski definition) is 3. The van der Waals surface area contributed by atoms with Crippen LogP contribution in [0.3, 0.4) is 0 Å². The van der Waals surface area contributed by atoms with Crippen molar-refractivity contribution >= 4 is 44.6 Å². The molecule has 0 saturated heterocycles. The zero-order valence-corrected chi connectivity index (χ0v) is 12.9. The molecule has 2 aromatic rings. The van der Waals surface area contributed by atoms with Crippen LogP contribution in [0.1, 0.15) is 29.4 Å². The second-order valence-electron chi connectivity index (χ2n) is 5.27. The lowest BCUT2D eigenvalue weighted by molar-refractivity contribution is 0.0763. The maximum Gasteiger partial charge on any atom is 0.266 e. The number of halogens is 1. The van der Waals surface area contributed by atoms with Gasteiger partial charge in [0, 0.05) is 28.2 Å². The number of carbonyl (C=O) groups is 1. The van der Waals surface area contributed by atoms with Crippen molar-refractivity contribution < 1.29 is 4.79 Å². The molecule has 1 saturated carbocycles. The van der Waals surface area contributed by atoms with E-state index in [0.29, 0.717) is 21.5 Å². The Morgan fingerprint density at radius 1 is 1.50 bits per heavy atom. The lowest BCUT2D eigenvalue weighted by Gasteiger charge is -2.20. The van der Waals surface area contributed by atoms with Crippen molar-refractivity contribution in [1.82, 2.24) is 4.90 Å². The highest BCUT2D eigenvalue weighted by Crippen LogP contribution is 2.37. The number of amides is 1. The highest BCUT2D eigenvalue weighted by atomic mass is 35.5. The van der Waals surface area contributed by atoms with Crippen molar-refractivity contribution in [2.45, 2.75) is 19.8 Å². The highest BCUT2D eigenvalue weighted by molar-refractivity contribution is 7.21. The van der Waals surface area contributed by atoms with E-state index in [0.717, 1.165) is 23.2 Å². The smallest absolute Gasteiger partial charge is 0.266 e. The molecule has 1 aromatic carbocycles. The number of benzene rings is 1. The van der Waals surface area contributed by atoms with E-state index in [4.69, 9.17) is 17.3 Å². The van der Waals surface area contributed by atoms with Crippen molar-refractivity contribution in [3.63, 3.8) is 0 Å². The minimum Gasteiger partial charge on any atom is -0.397 e. The largest absolute Gasteiger partial charge is 0.397 e. The quantitative estimate of drug-likeness (QED) is 0.927. The number of hydrogen-bond donors (Lipinski definition) is 1. The topological polar surface area (TPSA) is 46.3 Å². The van der Waals surface area contributed by atoms with Gasteiger partial charge in [-0.15, -0.1) is 11.3 Å². The zero-order chi connectivity index (χ0) is 14.3. The molecule has 0 aliphatic heterocycles. The molecule has 106 valence electrons. The Labute approximate surface area is 127 Å². The van der Waals surface area contributed by atoms with E-state index < -0.39 is 0 Å². The minimum absolute atomic E-state index is 0.0502. The molecule has 1 heterocycles. The maximum absolute atomic E-state index is 12.6. The lowest BCUT2D eigenvalue weighted by Crippen LogP contribution is -2.32. The van der Waals surface area contributed by atoms with Gasteiger partial charge in [-0.3, -0.25) is 4.79 Å². The molecule has 1 amide bonds. The van der Waals surface area contributed by atoms with Crippen molar-refractivity contribution in [3.8, 4) is 0 Å². The summed E-state index contributed by atoms with van der Waals surface area (Å²) in [5.74, 6) is 0.734. The van der Waals surface area contributed by atoms with Gasteiger partial charge in [-0.25, -0.2) is 0 Å². The van der Waals surface area contributed by atoms with Crippen LogP contribution in [0.5, 0.6) is 0 Å². The molecule has 0 radical (unpaired) electrons. The van der Waals surface area contributed by atoms with E-state index in [1.807, 2.05) is 30.0 Å². The highest BCUT2D eigenvalue weighted by Gasteiger charge is 2.28. The summed E-state index contributed by atoms with van der Waals surface area (Å²) in [5.41, 5.74) is 6.71. The summed E-state index contributed by atoms with van der Waals surface area (Å²) < 4.78 is 1.01. The van der Waals surface area contributed by atoms with Crippen LogP contribution < -0.4 is 5.73 Å². The van der Waals surface area contributed by atoms with E-state index >= 15 is 0 Å². The third kappa shape index (κ3) is 2.50. The van der Waals surface area contributed by atoms with Crippen LogP contribution in [-0.4, -0.2) is 23.9 Å². The molecule has 0 spiro atoms. The van der Waals surface area contributed by atoms with Crippen LogP contribution in [0, 0.1) is 5.92 Å². The van der Waals surface area contributed by atoms with Crippen LogP contribution in [0.4, 0.5) is 5.69 Å². The summed E-state index contributed by atoms with van der Waals surface area (Å²) in [6, 6.07) is 5.58. The van der Waals surface area contributed by atoms with Gasteiger partial charge in [0.05, 0.1) is 5.69 Å². The summed E-state index contributed by atoms with van der Waals surface area (Å²) in [4.78, 5) is 15.2. The summed E-state index contributed by atoms with van der Waals surface area (Å²) in [6.07, 6.45) is 2.47. The first-order chi connectivity index (χ1) is 9.60. The molecule has 0 bridgehead atoms. The van der Waals surface area contributed by atoms with Gasteiger partial charge in [0.2, 0.25) is 0 Å². The summed E-state index contributed by atoms with van der Waals surface area (Å²) in [6.45, 7) is 3.59. The second kappa shape index (κ2) is 5.26. The number of anilines is 1. The first-order valence-corrected chi connectivity index (χ1v) is 8.06. The SMILES string of the molecule is CCN(CC1CC1)C(=O)c1sc2ccc(Cl)cc2c1N. The summed E-state index contributed by atoms with van der Waals surface area (Å²) in [7, 11) is 0. The van der Waals surface area contributed by atoms with Gasteiger partial charge < -0.3 is 10.6 Å². The van der Waals surface area contributed by atoms with Crippen molar-refractivity contribution in [1.29, 1.82) is 0 Å². The van der Waals surface area contributed by atoms with Gasteiger partial charge in [-0.2, -0.15) is 0 Å². The van der Waals surface area contributed by atoms with E-state index in [1.54, 1.807) is 0 Å². The van der Waals surface area contributed by atoms with Crippen LogP contribution in [0.2, 0.25) is 5.02 Å². The number of nitrogen functional groups attached to an aromatic ring is 1. The second-order valence-corrected chi connectivity index (χ2v) is 6.76. The molecule has 3 nitrogen and oxygen atoms in total. The molecule has 1 aliphatic carbocycles. The Kier molecular flexibility index (Phi) is 3.61. The van der Waals surface area contributed by atoms with E-state index in [1.165, 1.54) is 24.2 Å². The van der Waals surface area contributed by atoms with Crippen molar-refractivity contribution in [2.75, 3.05) is 18.8 Å². The standard InChI is InChI=1S/C15H17ClN2OS/c1-2-18(8-9-3-4-9)15(19)14-13(17)11-7-10(16)5-6-12(11)20-14/h5-7,9H,2-4,8,17H2,1H3. The molecule has 1 aliphatic rings.